The number of nitrogens with zero attached hydrogens (tertiary/aromatic N) is 1. The highest BCUT2D eigenvalue weighted by Crippen LogP contribution is 2.19. The molecule has 1 aliphatic heterocycles. The van der Waals surface area contributed by atoms with Crippen LogP contribution in [0.3, 0.4) is 0 Å². The highest BCUT2D eigenvalue weighted by molar-refractivity contribution is 5.70. The van der Waals surface area contributed by atoms with Crippen LogP contribution in [0.1, 0.15) is 16.7 Å². The zero-order chi connectivity index (χ0) is 10.8. The monoisotopic (exact) mass is 205 g/mol. The van der Waals surface area contributed by atoms with Crippen molar-refractivity contribution < 1.29 is 9.90 Å². The van der Waals surface area contributed by atoms with Gasteiger partial charge in [0, 0.05) is 13.1 Å². The van der Waals surface area contributed by atoms with Gasteiger partial charge in [-0.2, -0.15) is 0 Å². The third-order valence-corrected chi connectivity index (χ3v) is 2.83. The van der Waals surface area contributed by atoms with Crippen LogP contribution in [-0.2, 0) is 24.2 Å². The maximum atomic E-state index is 10.6. The number of hydrogen-bond donors (Lipinski definition) is 1. The van der Waals surface area contributed by atoms with Crippen LogP contribution in [0.15, 0.2) is 18.2 Å². The summed E-state index contributed by atoms with van der Waals surface area (Å²) in [4.78, 5) is 12.9. The lowest BCUT2D eigenvalue weighted by Gasteiger charge is -2.25. The predicted molar refractivity (Wildman–Crippen MR) is 57.8 cm³/mol. The maximum Gasteiger partial charge on any atom is 0.307 e. The van der Waals surface area contributed by atoms with E-state index in [1.807, 2.05) is 12.1 Å². The lowest BCUT2D eigenvalue weighted by molar-refractivity contribution is -0.136. The Balaban J connectivity index is 2.23. The van der Waals surface area contributed by atoms with E-state index >= 15 is 0 Å². The van der Waals surface area contributed by atoms with Crippen molar-refractivity contribution in [3.63, 3.8) is 0 Å². The summed E-state index contributed by atoms with van der Waals surface area (Å²) < 4.78 is 0. The zero-order valence-electron chi connectivity index (χ0n) is 8.86. The second-order valence-electron chi connectivity index (χ2n) is 4.16. The smallest absolute Gasteiger partial charge is 0.307 e. The molecule has 15 heavy (non-hydrogen) atoms. The van der Waals surface area contributed by atoms with Crippen LogP contribution in [0.4, 0.5) is 0 Å². The first kappa shape index (κ1) is 10.2. The number of carboxylic acid groups (broad SMARTS) is 1. The second kappa shape index (κ2) is 4.03. The molecule has 0 fully saturated rings. The van der Waals surface area contributed by atoms with E-state index in [0.717, 1.165) is 25.1 Å². The first-order valence-electron chi connectivity index (χ1n) is 5.16. The number of carboxylic acids is 1. The Morgan fingerprint density at radius 3 is 3.00 bits per heavy atom. The van der Waals surface area contributed by atoms with Crippen molar-refractivity contribution in [1.82, 2.24) is 4.90 Å². The van der Waals surface area contributed by atoms with Crippen molar-refractivity contribution in [1.29, 1.82) is 0 Å². The summed E-state index contributed by atoms with van der Waals surface area (Å²) in [5, 5.41) is 8.70. The van der Waals surface area contributed by atoms with E-state index in [1.54, 1.807) is 0 Å². The lowest BCUT2D eigenvalue weighted by Crippen LogP contribution is -2.26. The molecule has 1 aromatic rings. The minimum Gasteiger partial charge on any atom is -0.481 e. The molecule has 0 unspecified atom stereocenters. The third kappa shape index (κ3) is 2.36. The van der Waals surface area contributed by atoms with Gasteiger partial charge in [0.25, 0.3) is 0 Å². The Labute approximate surface area is 89.3 Å². The Bertz CT molecular complexity index is 387. The highest BCUT2D eigenvalue weighted by Gasteiger charge is 2.13. The third-order valence-electron chi connectivity index (χ3n) is 2.83. The van der Waals surface area contributed by atoms with Crippen LogP contribution in [0.25, 0.3) is 0 Å². The van der Waals surface area contributed by atoms with E-state index in [0.29, 0.717) is 0 Å². The van der Waals surface area contributed by atoms with Crippen molar-refractivity contribution >= 4 is 5.97 Å². The largest absolute Gasteiger partial charge is 0.481 e. The quantitative estimate of drug-likeness (QED) is 0.791. The number of likely N-dealkylation sites (N-methyl/N-ethyl adjacent to an activating group) is 1. The van der Waals surface area contributed by atoms with Crippen molar-refractivity contribution in [2.24, 2.45) is 0 Å². The Morgan fingerprint density at radius 2 is 2.27 bits per heavy atom. The normalized spacial score (nSPS) is 16.1. The van der Waals surface area contributed by atoms with Crippen molar-refractivity contribution in [2.75, 3.05) is 13.6 Å². The van der Waals surface area contributed by atoms with Crippen LogP contribution in [0.5, 0.6) is 0 Å². The highest BCUT2D eigenvalue weighted by atomic mass is 16.4. The molecule has 1 aromatic carbocycles. The summed E-state index contributed by atoms with van der Waals surface area (Å²) in [6.45, 7) is 2.03. The van der Waals surface area contributed by atoms with Gasteiger partial charge >= 0.3 is 5.97 Å². The fourth-order valence-corrected chi connectivity index (χ4v) is 2.03. The average molecular weight is 205 g/mol. The van der Waals surface area contributed by atoms with Crippen LogP contribution in [0, 0.1) is 0 Å². The number of aliphatic carboxylic acids is 1. The number of fused-ring (bicyclic) bond motifs is 1. The zero-order valence-corrected chi connectivity index (χ0v) is 8.86. The number of carbonyl (C=O) groups is 1. The van der Waals surface area contributed by atoms with E-state index in [4.69, 9.17) is 5.11 Å². The van der Waals surface area contributed by atoms with Crippen LogP contribution >= 0.6 is 0 Å². The summed E-state index contributed by atoms with van der Waals surface area (Å²) in [6, 6.07) is 6.02. The molecular weight excluding hydrogens is 190 g/mol. The topological polar surface area (TPSA) is 40.5 Å². The molecule has 2 rings (SSSR count). The minimum atomic E-state index is -0.761. The molecular formula is C12H15NO2. The summed E-state index contributed by atoms with van der Waals surface area (Å²) in [6.07, 6.45) is 1.16. The van der Waals surface area contributed by atoms with Gasteiger partial charge in [-0.15, -0.1) is 0 Å². The molecule has 0 amide bonds. The van der Waals surface area contributed by atoms with Crippen molar-refractivity contribution in [3.05, 3.63) is 34.9 Å². The predicted octanol–water partition coefficient (Wildman–Crippen LogP) is 1.30. The molecule has 0 atom stereocenters. The Morgan fingerprint density at radius 1 is 1.47 bits per heavy atom. The van der Waals surface area contributed by atoms with Gasteiger partial charge in [0.05, 0.1) is 6.42 Å². The van der Waals surface area contributed by atoms with Gasteiger partial charge in [-0.3, -0.25) is 4.79 Å². The van der Waals surface area contributed by atoms with Gasteiger partial charge in [0.15, 0.2) is 0 Å². The molecule has 0 aromatic heterocycles. The molecule has 1 N–H and O–H groups in total. The minimum absolute atomic E-state index is 0.128. The van der Waals surface area contributed by atoms with Gasteiger partial charge in [0.2, 0.25) is 0 Å². The van der Waals surface area contributed by atoms with E-state index in [9.17, 15) is 4.79 Å². The summed E-state index contributed by atoms with van der Waals surface area (Å²) >= 11 is 0. The molecule has 1 aliphatic rings. The van der Waals surface area contributed by atoms with Crippen molar-refractivity contribution in [3.8, 4) is 0 Å². The van der Waals surface area contributed by atoms with Crippen LogP contribution < -0.4 is 0 Å². The van der Waals surface area contributed by atoms with Gasteiger partial charge in [-0.05, 0) is 30.2 Å². The number of hydrogen-bond acceptors (Lipinski definition) is 2. The SMILES string of the molecule is CN1CCc2cc(CC(=O)O)ccc2C1. The van der Waals surface area contributed by atoms with Gasteiger partial charge in [-0.1, -0.05) is 18.2 Å². The lowest BCUT2D eigenvalue weighted by atomic mass is 9.97. The van der Waals surface area contributed by atoms with Crippen molar-refractivity contribution in [2.45, 2.75) is 19.4 Å². The molecule has 0 radical (unpaired) electrons. The molecule has 80 valence electrons. The number of rotatable bonds is 2. The molecule has 0 bridgehead atoms. The molecule has 0 aliphatic carbocycles. The Kier molecular flexibility index (Phi) is 2.73. The number of benzene rings is 1. The van der Waals surface area contributed by atoms with Gasteiger partial charge in [0.1, 0.15) is 0 Å². The fraction of sp³-hybridized carbons (Fsp3) is 0.417. The summed E-state index contributed by atoms with van der Waals surface area (Å²) in [7, 11) is 2.11. The molecule has 0 saturated heterocycles. The van der Waals surface area contributed by atoms with E-state index in [1.165, 1.54) is 11.1 Å². The summed E-state index contributed by atoms with van der Waals surface area (Å²) in [5.41, 5.74) is 3.55. The van der Waals surface area contributed by atoms with E-state index < -0.39 is 5.97 Å². The second-order valence-corrected chi connectivity index (χ2v) is 4.16. The van der Waals surface area contributed by atoms with Gasteiger partial charge in [-0.25, -0.2) is 0 Å². The first-order chi connectivity index (χ1) is 7.15. The van der Waals surface area contributed by atoms with Gasteiger partial charge < -0.3 is 10.0 Å². The maximum absolute atomic E-state index is 10.6. The molecule has 1 heterocycles. The van der Waals surface area contributed by atoms with Crippen LogP contribution in [0.2, 0.25) is 0 Å². The fourth-order valence-electron chi connectivity index (χ4n) is 2.03. The molecule has 0 spiro atoms. The van der Waals surface area contributed by atoms with E-state index in [-0.39, 0.29) is 6.42 Å². The van der Waals surface area contributed by atoms with E-state index in [2.05, 4.69) is 18.0 Å². The van der Waals surface area contributed by atoms with Crippen LogP contribution in [-0.4, -0.2) is 29.6 Å². The average Bonchev–Trinajstić information content (AvgIpc) is 2.17. The first-order valence-corrected chi connectivity index (χ1v) is 5.16. The summed E-state index contributed by atoms with van der Waals surface area (Å²) in [5.74, 6) is -0.761. The standard InChI is InChI=1S/C12H15NO2/c1-13-5-4-10-6-9(7-12(14)15)2-3-11(10)8-13/h2-3,6H,4-5,7-8H2,1H3,(H,14,15). The molecule has 3 heteroatoms. The molecule has 3 nitrogen and oxygen atoms in total. The Hall–Kier alpha value is -1.35. The molecule has 0 saturated carbocycles.